The van der Waals surface area contributed by atoms with Crippen molar-refractivity contribution in [2.45, 2.75) is 26.7 Å². The molecule has 4 nitrogen and oxygen atoms in total. The van der Waals surface area contributed by atoms with E-state index in [-0.39, 0.29) is 10.9 Å². The molecule has 0 atom stereocenters. The molecular formula is C40H30O4. The monoisotopic (exact) mass is 574 g/mol. The van der Waals surface area contributed by atoms with Crippen molar-refractivity contribution in [2.75, 3.05) is 0 Å². The van der Waals surface area contributed by atoms with Gasteiger partial charge in [-0.1, -0.05) is 67.3 Å². The number of hydrogen-bond acceptors (Lipinski definition) is 4. The topological polar surface area (TPSA) is 60.4 Å². The van der Waals surface area contributed by atoms with Gasteiger partial charge in [0, 0.05) is 0 Å². The molecule has 1 aliphatic rings. The first-order chi connectivity index (χ1) is 21.3. The molecule has 2 heterocycles. The molecule has 0 saturated heterocycles. The standard InChI is InChI=1S/C40H30O4/c1-5-24(4)38(23(2)3)29-15-18-37-33(22-29)40(42)32-21-28(14-17-36(32)44-37)26-10-8-9-25(19-26)27-13-16-35-31(20-27)39(41)30-11-6-7-12-34(30)43-35/h5,8-22H,1-2,6-7H2,3-4H3/b38-24+. The van der Waals surface area contributed by atoms with Crippen molar-refractivity contribution < 1.29 is 8.83 Å². The predicted octanol–water partition coefficient (Wildman–Crippen LogP) is 8.28. The zero-order chi connectivity index (χ0) is 30.5. The summed E-state index contributed by atoms with van der Waals surface area (Å²) in [5.74, 6) is 0. The molecule has 0 spiro atoms. The Morgan fingerprint density at radius 1 is 0.682 bits per heavy atom. The van der Waals surface area contributed by atoms with Crippen LogP contribution in [0.4, 0.5) is 0 Å². The number of hydrogen-bond donors (Lipinski definition) is 0. The van der Waals surface area contributed by atoms with Crippen LogP contribution in [-0.2, 0) is 0 Å². The third-order valence-electron chi connectivity index (χ3n) is 8.41. The number of allylic oxidation sites excluding steroid dienone is 4. The minimum absolute atomic E-state index is 0.00245. The number of benzene rings is 4. The van der Waals surface area contributed by atoms with Crippen LogP contribution in [0.1, 0.15) is 32.3 Å². The fourth-order valence-electron chi connectivity index (χ4n) is 6.18. The SMILES string of the molecule is C=C/C(C)=C(\C(=C)C)c1ccc2oc3ccc(-c4cccc(-c5ccc6oc7c(c(=O)c6c5)=CCCC=7)c4)cc3c(=O)c2c1. The van der Waals surface area contributed by atoms with Crippen LogP contribution < -0.4 is 21.5 Å². The van der Waals surface area contributed by atoms with Crippen LogP contribution in [0.3, 0.4) is 0 Å². The molecule has 0 aliphatic heterocycles. The molecule has 6 aromatic rings. The van der Waals surface area contributed by atoms with E-state index >= 15 is 0 Å². The molecule has 0 radical (unpaired) electrons. The normalized spacial score (nSPS) is 13.2. The Kier molecular flexibility index (Phi) is 6.63. The fraction of sp³-hybridized carbons (Fsp3) is 0.100. The molecular weight excluding hydrogens is 544 g/mol. The molecule has 1 aliphatic carbocycles. The second-order valence-electron chi connectivity index (χ2n) is 11.4. The lowest BCUT2D eigenvalue weighted by Crippen LogP contribution is -2.39. The van der Waals surface area contributed by atoms with Gasteiger partial charge in [-0.25, -0.2) is 0 Å². The maximum Gasteiger partial charge on any atom is 0.200 e. The Hall–Kier alpha value is -5.48. The molecule has 4 heteroatoms. The molecule has 2 aromatic heterocycles. The highest BCUT2D eigenvalue weighted by molar-refractivity contribution is 5.95. The lowest BCUT2D eigenvalue weighted by atomic mass is 9.93. The van der Waals surface area contributed by atoms with Crippen molar-refractivity contribution in [1.29, 1.82) is 0 Å². The van der Waals surface area contributed by atoms with E-state index in [2.05, 4.69) is 19.2 Å². The van der Waals surface area contributed by atoms with Crippen LogP contribution in [-0.4, -0.2) is 0 Å². The van der Waals surface area contributed by atoms with E-state index in [9.17, 15) is 9.59 Å². The quantitative estimate of drug-likeness (QED) is 0.154. The number of rotatable bonds is 5. The van der Waals surface area contributed by atoms with Crippen molar-refractivity contribution in [3.8, 4) is 22.3 Å². The second-order valence-corrected chi connectivity index (χ2v) is 11.4. The summed E-state index contributed by atoms with van der Waals surface area (Å²) in [6, 6.07) is 25.2. The van der Waals surface area contributed by atoms with Crippen molar-refractivity contribution in [1.82, 2.24) is 0 Å². The van der Waals surface area contributed by atoms with Gasteiger partial charge < -0.3 is 8.83 Å². The van der Waals surface area contributed by atoms with Gasteiger partial charge in [-0.15, -0.1) is 0 Å². The molecule has 4 aromatic carbocycles. The molecule has 44 heavy (non-hydrogen) atoms. The summed E-state index contributed by atoms with van der Waals surface area (Å²) in [5, 5.41) is 2.25. The zero-order valence-corrected chi connectivity index (χ0v) is 24.7. The first-order valence-electron chi connectivity index (χ1n) is 14.7. The van der Waals surface area contributed by atoms with Crippen LogP contribution in [0.2, 0.25) is 0 Å². The Bertz CT molecular complexity index is 2480. The molecule has 0 amide bonds. The molecule has 0 saturated carbocycles. The van der Waals surface area contributed by atoms with E-state index in [1.165, 1.54) is 0 Å². The highest BCUT2D eigenvalue weighted by atomic mass is 16.3. The van der Waals surface area contributed by atoms with E-state index in [0.29, 0.717) is 43.5 Å². The second kappa shape index (κ2) is 10.7. The molecule has 0 bridgehead atoms. The van der Waals surface area contributed by atoms with Crippen LogP contribution in [0, 0.1) is 0 Å². The van der Waals surface area contributed by atoms with E-state index in [1.807, 2.05) is 98.8 Å². The average Bonchev–Trinajstić information content (AvgIpc) is 3.05. The Morgan fingerprint density at radius 3 is 1.91 bits per heavy atom. The summed E-state index contributed by atoms with van der Waals surface area (Å²) in [4.78, 5) is 27.1. The summed E-state index contributed by atoms with van der Waals surface area (Å²) >= 11 is 0. The summed E-state index contributed by atoms with van der Waals surface area (Å²) in [6.45, 7) is 12.0. The minimum atomic E-state index is -0.0861. The fourth-order valence-corrected chi connectivity index (χ4v) is 6.18. The zero-order valence-electron chi connectivity index (χ0n) is 24.7. The van der Waals surface area contributed by atoms with Gasteiger partial charge in [0.25, 0.3) is 0 Å². The van der Waals surface area contributed by atoms with Crippen molar-refractivity contribution >= 4 is 50.6 Å². The van der Waals surface area contributed by atoms with Crippen molar-refractivity contribution in [3.05, 3.63) is 146 Å². The molecule has 214 valence electrons. The highest BCUT2D eigenvalue weighted by Gasteiger charge is 2.14. The molecule has 7 rings (SSSR count). The Labute approximate surface area is 253 Å². The van der Waals surface area contributed by atoms with Gasteiger partial charge in [-0.05, 0) is 114 Å². The van der Waals surface area contributed by atoms with Gasteiger partial charge in [0.2, 0.25) is 5.43 Å². The lowest BCUT2D eigenvalue weighted by molar-refractivity contribution is 0.554. The van der Waals surface area contributed by atoms with Gasteiger partial charge >= 0.3 is 0 Å². The van der Waals surface area contributed by atoms with Gasteiger partial charge in [-0.2, -0.15) is 0 Å². The van der Waals surface area contributed by atoms with Gasteiger partial charge in [0.1, 0.15) is 22.2 Å². The first-order valence-corrected chi connectivity index (χ1v) is 14.7. The van der Waals surface area contributed by atoms with Crippen molar-refractivity contribution in [2.24, 2.45) is 0 Å². The maximum atomic E-state index is 13.8. The maximum absolute atomic E-state index is 13.8. The van der Waals surface area contributed by atoms with E-state index < -0.39 is 0 Å². The summed E-state index contributed by atoms with van der Waals surface area (Å²) < 4.78 is 12.2. The molecule has 0 N–H and O–H groups in total. The van der Waals surface area contributed by atoms with E-state index in [4.69, 9.17) is 8.83 Å². The summed E-state index contributed by atoms with van der Waals surface area (Å²) in [7, 11) is 0. The molecule has 0 unspecified atom stereocenters. The third kappa shape index (κ3) is 4.56. The lowest BCUT2D eigenvalue weighted by Gasteiger charge is -2.12. The van der Waals surface area contributed by atoms with Gasteiger partial charge in [0.15, 0.2) is 5.43 Å². The van der Waals surface area contributed by atoms with Crippen LogP contribution in [0.5, 0.6) is 0 Å². The van der Waals surface area contributed by atoms with Crippen LogP contribution in [0.15, 0.2) is 128 Å². The van der Waals surface area contributed by atoms with Crippen LogP contribution in [0.25, 0.3) is 72.9 Å². The van der Waals surface area contributed by atoms with E-state index in [0.717, 1.165) is 57.4 Å². The minimum Gasteiger partial charge on any atom is -0.456 e. The van der Waals surface area contributed by atoms with E-state index in [1.54, 1.807) is 6.08 Å². The summed E-state index contributed by atoms with van der Waals surface area (Å²) in [5.41, 5.74) is 9.72. The summed E-state index contributed by atoms with van der Waals surface area (Å²) in [6.07, 6.45) is 7.47. The third-order valence-corrected chi connectivity index (χ3v) is 8.41. The Balaban J connectivity index is 1.33. The van der Waals surface area contributed by atoms with Crippen molar-refractivity contribution in [3.63, 3.8) is 0 Å². The van der Waals surface area contributed by atoms with Gasteiger partial charge in [0.05, 0.1) is 21.4 Å². The first kappa shape index (κ1) is 27.4. The van der Waals surface area contributed by atoms with Crippen LogP contribution >= 0.6 is 0 Å². The number of fused-ring (bicyclic) bond motifs is 4. The molecule has 0 fully saturated rings. The largest absolute Gasteiger partial charge is 0.456 e. The predicted molar refractivity (Wildman–Crippen MR) is 182 cm³/mol. The highest BCUT2D eigenvalue weighted by Crippen LogP contribution is 2.32. The average molecular weight is 575 g/mol. The smallest absolute Gasteiger partial charge is 0.200 e. The van der Waals surface area contributed by atoms with Gasteiger partial charge in [-0.3, -0.25) is 9.59 Å². The Morgan fingerprint density at radius 2 is 1.25 bits per heavy atom.